The van der Waals surface area contributed by atoms with E-state index in [1.807, 2.05) is 0 Å². The van der Waals surface area contributed by atoms with E-state index in [1.165, 1.54) is 24.0 Å². The van der Waals surface area contributed by atoms with E-state index in [0.29, 0.717) is 12.8 Å². The molecule has 0 saturated carbocycles. The molecule has 0 aliphatic rings. The molecule has 1 N–H and O–H groups in total. The highest BCUT2D eigenvalue weighted by Crippen LogP contribution is 2.25. The van der Waals surface area contributed by atoms with Crippen LogP contribution in [0.3, 0.4) is 0 Å². The van der Waals surface area contributed by atoms with Gasteiger partial charge in [0, 0.05) is 5.75 Å². The van der Waals surface area contributed by atoms with Crippen LogP contribution in [-0.2, 0) is 34.8 Å². The van der Waals surface area contributed by atoms with Crippen molar-refractivity contribution in [2.75, 3.05) is 5.75 Å². The molecule has 0 spiro atoms. The minimum absolute atomic E-state index is 0.0322. The van der Waals surface area contributed by atoms with E-state index in [1.54, 1.807) is 0 Å². The molecule has 0 amide bonds. The lowest BCUT2D eigenvalue weighted by Crippen LogP contribution is -2.36. The molecule has 122 valence electrons. The van der Waals surface area contributed by atoms with E-state index in [-0.39, 0.29) is 12.3 Å². The van der Waals surface area contributed by atoms with Gasteiger partial charge in [-0.05, 0) is 12.8 Å². The van der Waals surface area contributed by atoms with E-state index >= 15 is 0 Å². The van der Waals surface area contributed by atoms with E-state index in [0.717, 1.165) is 4.57 Å². The molecule has 1 rings (SSSR count). The minimum atomic E-state index is -5.74. The van der Waals surface area contributed by atoms with E-state index in [2.05, 4.69) is 4.18 Å². The molecule has 0 aliphatic heterocycles. The van der Waals surface area contributed by atoms with Crippen LogP contribution in [0.25, 0.3) is 0 Å². The smallest absolute Gasteiger partial charge is 0.306 e. The first-order valence-electron chi connectivity index (χ1n) is 5.67. The number of alkyl halides is 3. The standard InChI is InChI=1S/C9H13F3N2O5S2/c1-13-5-6-14(4-2-3-7-20(15)16)8(13)19-21(17,18)9(10,11)12/h5-6H,2-4,7H2,1H3/p+1. The number of nitrogens with zero attached hydrogens (tertiary/aromatic N) is 2. The fourth-order valence-corrected chi connectivity index (χ4v) is 2.40. The number of hydrogen-bond donors (Lipinski definition) is 1. The van der Waals surface area contributed by atoms with Crippen LogP contribution >= 0.6 is 0 Å². The number of unbranched alkanes of at least 4 members (excludes halogenated alkanes) is 1. The van der Waals surface area contributed by atoms with Gasteiger partial charge < -0.3 is 8.74 Å². The van der Waals surface area contributed by atoms with Crippen molar-refractivity contribution in [3.63, 3.8) is 0 Å². The molecule has 0 aromatic carbocycles. The molecule has 1 atom stereocenters. The van der Waals surface area contributed by atoms with Gasteiger partial charge in [0.15, 0.2) is 11.1 Å². The van der Waals surface area contributed by atoms with Crippen LogP contribution in [0, 0.1) is 0 Å². The molecule has 1 unspecified atom stereocenters. The Hall–Kier alpha value is -1.14. The Balaban J connectivity index is 2.80. The lowest BCUT2D eigenvalue weighted by atomic mass is 10.3. The third-order valence-electron chi connectivity index (χ3n) is 2.45. The zero-order chi connectivity index (χ0) is 16.3. The van der Waals surface area contributed by atoms with Crippen LogP contribution in [0.1, 0.15) is 12.8 Å². The largest absolute Gasteiger partial charge is 0.534 e. The molecule has 1 heterocycles. The van der Waals surface area contributed by atoms with Gasteiger partial charge in [0.1, 0.15) is 12.4 Å². The molecular weight excluding hydrogens is 337 g/mol. The molecule has 21 heavy (non-hydrogen) atoms. The van der Waals surface area contributed by atoms with E-state index in [9.17, 15) is 25.8 Å². The molecule has 0 radical (unpaired) electrons. The van der Waals surface area contributed by atoms with Gasteiger partial charge in [-0.15, -0.1) is 0 Å². The van der Waals surface area contributed by atoms with Crippen molar-refractivity contribution in [2.45, 2.75) is 24.9 Å². The second kappa shape index (κ2) is 6.75. The Bertz CT molecular complexity index is 611. The topological polar surface area (TPSA) is 89.5 Å². The molecule has 1 aromatic rings. The maximum atomic E-state index is 12.3. The van der Waals surface area contributed by atoms with Crippen molar-refractivity contribution < 1.29 is 39.1 Å². The van der Waals surface area contributed by atoms with Gasteiger partial charge >= 0.3 is 21.6 Å². The van der Waals surface area contributed by atoms with Gasteiger partial charge in [-0.3, -0.25) is 0 Å². The molecule has 0 bridgehead atoms. The predicted octanol–water partition coefficient (Wildman–Crippen LogP) is 0.543. The second-order valence-electron chi connectivity index (χ2n) is 4.10. The lowest BCUT2D eigenvalue weighted by molar-refractivity contribution is -0.674. The quantitative estimate of drug-likeness (QED) is 0.255. The summed E-state index contributed by atoms with van der Waals surface area (Å²) in [4.78, 5) is 0. The third-order valence-corrected chi connectivity index (χ3v) is 4.03. The van der Waals surface area contributed by atoms with Gasteiger partial charge in [-0.1, -0.05) is 0 Å². The SMILES string of the molecule is C[n+]1ccn(CCCCS(=O)O)c1OS(=O)(=O)C(F)(F)F. The Morgan fingerprint density at radius 3 is 2.57 bits per heavy atom. The van der Waals surface area contributed by atoms with Crippen LogP contribution < -0.4 is 8.75 Å². The van der Waals surface area contributed by atoms with E-state index in [4.69, 9.17) is 4.55 Å². The Kier molecular flexibility index (Phi) is 5.75. The maximum absolute atomic E-state index is 12.3. The van der Waals surface area contributed by atoms with Gasteiger partial charge in [0.05, 0.1) is 13.6 Å². The van der Waals surface area contributed by atoms with Crippen LogP contribution in [-0.4, -0.2) is 33.0 Å². The van der Waals surface area contributed by atoms with Crippen LogP contribution in [0.15, 0.2) is 12.4 Å². The molecule has 1 aromatic heterocycles. The van der Waals surface area contributed by atoms with Crippen molar-refractivity contribution in [3.05, 3.63) is 12.4 Å². The van der Waals surface area contributed by atoms with Crippen LogP contribution in [0.4, 0.5) is 13.2 Å². The van der Waals surface area contributed by atoms with Crippen LogP contribution in [0.5, 0.6) is 6.01 Å². The summed E-state index contributed by atoms with van der Waals surface area (Å²) in [6, 6.07) is -0.488. The maximum Gasteiger partial charge on any atom is 0.534 e. The zero-order valence-electron chi connectivity index (χ0n) is 10.9. The summed E-state index contributed by atoms with van der Waals surface area (Å²) >= 11 is -1.94. The summed E-state index contributed by atoms with van der Waals surface area (Å²) in [6.07, 6.45) is 3.43. The molecule has 0 aliphatic carbocycles. The highest BCUT2D eigenvalue weighted by Gasteiger charge is 2.50. The lowest BCUT2D eigenvalue weighted by Gasteiger charge is -2.07. The molecule has 12 heteroatoms. The Morgan fingerprint density at radius 1 is 1.43 bits per heavy atom. The monoisotopic (exact) mass is 351 g/mol. The first-order valence-corrected chi connectivity index (χ1v) is 8.36. The summed E-state index contributed by atoms with van der Waals surface area (Å²) in [6.45, 7) is 0.154. The van der Waals surface area contributed by atoms with E-state index < -0.39 is 32.7 Å². The summed E-state index contributed by atoms with van der Waals surface area (Å²) in [7, 11) is -4.41. The van der Waals surface area contributed by atoms with Crippen molar-refractivity contribution in [1.82, 2.24) is 4.57 Å². The summed E-state index contributed by atoms with van der Waals surface area (Å²) in [5.41, 5.74) is -5.51. The van der Waals surface area contributed by atoms with Crippen molar-refractivity contribution in [1.29, 1.82) is 0 Å². The van der Waals surface area contributed by atoms with Crippen LogP contribution in [0.2, 0.25) is 0 Å². The van der Waals surface area contributed by atoms with Crippen molar-refractivity contribution in [3.8, 4) is 6.01 Å². The molecule has 7 nitrogen and oxygen atoms in total. The normalized spacial score (nSPS) is 14.1. The average molecular weight is 351 g/mol. The summed E-state index contributed by atoms with van der Waals surface area (Å²) in [5.74, 6) is 0.0322. The third kappa shape index (κ3) is 4.97. The highest BCUT2D eigenvalue weighted by molar-refractivity contribution is 7.87. The average Bonchev–Trinajstić information content (AvgIpc) is 2.65. The number of rotatable bonds is 7. The summed E-state index contributed by atoms with van der Waals surface area (Å²) in [5, 5.41) is 0. The summed E-state index contributed by atoms with van der Waals surface area (Å²) < 4.78 is 84.3. The van der Waals surface area contributed by atoms with Gasteiger partial charge in [-0.2, -0.15) is 30.7 Å². The molecule has 0 fully saturated rings. The fourth-order valence-electron chi connectivity index (χ4n) is 1.44. The van der Waals surface area contributed by atoms with Gasteiger partial charge in [0.25, 0.3) is 0 Å². The first-order chi connectivity index (χ1) is 9.54. The highest BCUT2D eigenvalue weighted by atomic mass is 32.2. The number of hydrogen-bond acceptors (Lipinski definition) is 4. The number of imidazole rings is 1. The minimum Gasteiger partial charge on any atom is -0.306 e. The van der Waals surface area contributed by atoms with Gasteiger partial charge in [-0.25, -0.2) is 4.21 Å². The van der Waals surface area contributed by atoms with Gasteiger partial charge in [0.2, 0.25) is 0 Å². The predicted molar refractivity (Wildman–Crippen MR) is 66.1 cm³/mol. The fraction of sp³-hybridized carbons (Fsp3) is 0.667. The number of halogens is 3. The molecule has 0 saturated heterocycles. The Morgan fingerprint density at radius 2 is 2.05 bits per heavy atom. The second-order valence-corrected chi connectivity index (χ2v) is 6.69. The van der Waals surface area contributed by atoms with Crippen molar-refractivity contribution in [2.24, 2.45) is 7.05 Å². The Labute approximate surface area is 121 Å². The number of aryl methyl sites for hydroxylation is 2. The number of aromatic nitrogens is 2. The first kappa shape index (κ1) is 17.9. The molecular formula is C9H14F3N2O5S2+. The zero-order valence-corrected chi connectivity index (χ0v) is 12.5. The van der Waals surface area contributed by atoms with Crippen molar-refractivity contribution >= 4 is 21.2 Å².